The van der Waals surface area contributed by atoms with Crippen LogP contribution in [0.2, 0.25) is 0 Å². The zero-order valence-corrected chi connectivity index (χ0v) is 17.4. The van der Waals surface area contributed by atoms with Gasteiger partial charge in [0.15, 0.2) is 5.96 Å². The van der Waals surface area contributed by atoms with Crippen molar-refractivity contribution in [3.05, 3.63) is 44.3 Å². The van der Waals surface area contributed by atoms with Crippen molar-refractivity contribution in [1.29, 1.82) is 0 Å². The highest BCUT2D eigenvalue weighted by atomic mass is 127. The van der Waals surface area contributed by atoms with Gasteiger partial charge in [-0.05, 0) is 30.5 Å². The maximum Gasteiger partial charge on any atom is 0.191 e. The van der Waals surface area contributed by atoms with E-state index in [4.69, 9.17) is 0 Å². The lowest BCUT2D eigenvalue weighted by Crippen LogP contribution is -2.42. The molecule has 0 aliphatic heterocycles. The molecule has 0 saturated heterocycles. The van der Waals surface area contributed by atoms with Crippen LogP contribution in [0.5, 0.6) is 0 Å². The summed E-state index contributed by atoms with van der Waals surface area (Å²) in [5.41, 5.74) is 0.102. The van der Waals surface area contributed by atoms with Gasteiger partial charge in [0.25, 0.3) is 0 Å². The van der Waals surface area contributed by atoms with Crippen molar-refractivity contribution in [2.45, 2.75) is 32.7 Å². The smallest absolute Gasteiger partial charge is 0.191 e. The number of guanidine groups is 1. The van der Waals surface area contributed by atoms with Gasteiger partial charge in [0.05, 0.1) is 6.54 Å². The summed E-state index contributed by atoms with van der Waals surface area (Å²) in [6.45, 7) is 8.31. The monoisotopic (exact) mass is 449 g/mol. The Hall–Kier alpha value is -0.600. The molecule has 2 aromatic heterocycles. The minimum absolute atomic E-state index is 0. The molecule has 0 aromatic carbocycles. The van der Waals surface area contributed by atoms with Gasteiger partial charge in [0.1, 0.15) is 0 Å². The van der Waals surface area contributed by atoms with E-state index in [1.165, 1.54) is 14.6 Å². The normalized spacial score (nSPS) is 11.9. The van der Waals surface area contributed by atoms with Gasteiger partial charge in [-0.1, -0.05) is 19.9 Å². The second kappa shape index (κ2) is 8.88. The molecule has 0 radical (unpaired) electrons. The van der Waals surface area contributed by atoms with Crippen molar-refractivity contribution in [3.63, 3.8) is 0 Å². The van der Waals surface area contributed by atoms with Crippen LogP contribution in [0.1, 0.15) is 28.5 Å². The molecule has 2 N–H and O–H groups in total. The Morgan fingerprint density at radius 2 is 2.00 bits per heavy atom. The molecule has 0 atom stereocenters. The molecule has 3 nitrogen and oxygen atoms in total. The number of hydrogen-bond acceptors (Lipinski definition) is 3. The lowest BCUT2D eigenvalue weighted by molar-refractivity contribution is 0.518. The third kappa shape index (κ3) is 5.55. The second-order valence-corrected chi connectivity index (χ2v) is 7.97. The van der Waals surface area contributed by atoms with Crippen LogP contribution >= 0.6 is 46.7 Å². The standard InChI is InChI=1S/C16H23N3S2.HI/c1-12-7-8-13(21-12)10-18-15(17-4)19-11-16(2,3)14-6-5-9-20-14;/h5-9H,10-11H2,1-4H3,(H2,17,18,19);1H. The maximum atomic E-state index is 4.30. The highest BCUT2D eigenvalue weighted by Gasteiger charge is 2.21. The highest BCUT2D eigenvalue weighted by Crippen LogP contribution is 2.26. The van der Waals surface area contributed by atoms with Crippen molar-refractivity contribution >= 4 is 52.6 Å². The summed E-state index contributed by atoms with van der Waals surface area (Å²) in [5, 5.41) is 8.92. The van der Waals surface area contributed by atoms with E-state index in [0.29, 0.717) is 0 Å². The van der Waals surface area contributed by atoms with Crippen LogP contribution in [-0.2, 0) is 12.0 Å². The van der Waals surface area contributed by atoms with Gasteiger partial charge in [0, 0.05) is 33.6 Å². The quantitative estimate of drug-likeness (QED) is 0.404. The largest absolute Gasteiger partial charge is 0.356 e. The van der Waals surface area contributed by atoms with E-state index in [2.05, 4.69) is 66.0 Å². The fourth-order valence-corrected chi connectivity index (χ4v) is 3.71. The van der Waals surface area contributed by atoms with Crippen LogP contribution in [0.15, 0.2) is 34.6 Å². The molecule has 0 saturated carbocycles. The van der Waals surface area contributed by atoms with Crippen molar-refractivity contribution < 1.29 is 0 Å². The molecule has 22 heavy (non-hydrogen) atoms. The third-order valence-electron chi connectivity index (χ3n) is 3.34. The number of nitrogens with one attached hydrogen (secondary N) is 2. The molecule has 2 rings (SSSR count). The van der Waals surface area contributed by atoms with Crippen molar-refractivity contribution in [1.82, 2.24) is 10.6 Å². The molecule has 0 bridgehead atoms. The zero-order chi connectivity index (χ0) is 15.3. The average molecular weight is 449 g/mol. The molecule has 2 aromatic rings. The van der Waals surface area contributed by atoms with E-state index < -0.39 is 0 Å². The van der Waals surface area contributed by atoms with Crippen LogP contribution in [0, 0.1) is 6.92 Å². The average Bonchev–Trinajstić information content (AvgIpc) is 3.10. The zero-order valence-electron chi connectivity index (χ0n) is 13.5. The molecule has 0 fully saturated rings. The van der Waals surface area contributed by atoms with Crippen molar-refractivity contribution in [2.75, 3.05) is 13.6 Å². The van der Waals surface area contributed by atoms with Crippen LogP contribution < -0.4 is 10.6 Å². The molecule has 0 unspecified atom stereocenters. The maximum absolute atomic E-state index is 4.30. The molecule has 0 amide bonds. The lowest BCUT2D eigenvalue weighted by atomic mass is 9.91. The minimum Gasteiger partial charge on any atom is -0.356 e. The Morgan fingerprint density at radius 3 is 2.55 bits per heavy atom. The molecular weight excluding hydrogens is 425 g/mol. The summed E-state index contributed by atoms with van der Waals surface area (Å²) < 4.78 is 0. The lowest BCUT2D eigenvalue weighted by Gasteiger charge is -2.25. The minimum atomic E-state index is 0. The predicted octanol–water partition coefficient (Wildman–Crippen LogP) is 4.38. The van der Waals surface area contributed by atoms with Gasteiger partial charge in [-0.15, -0.1) is 46.7 Å². The molecule has 0 aliphatic rings. The first kappa shape index (κ1) is 19.4. The van der Waals surface area contributed by atoms with Crippen LogP contribution in [0.4, 0.5) is 0 Å². The van der Waals surface area contributed by atoms with Gasteiger partial charge in [-0.25, -0.2) is 0 Å². The summed E-state index contributed by atoms with van der Waals surface area (Å²) >= 11 is 3.62. The molecule has 0 aliphatic carbocycles. The van der Waals surface area contributed by atoms with E-state index >= 15 is 0 Å². The fourth-order valence-electron chi connectivity index (χ4n) is 2.03. The third-order valence-corrected chi connectivity index (χ3v) is 5.57. The van der Waals surface area contributed by atoms with E-state index in [-0.39, 0.29) is 29.4 Å². The van der Waals surface area contributed by atoms with Gasteiger partial charge in [-0.3, -0.25) is 4.99 Å². The Kier molecular flexibility index (Phi) is 7.85. The summed E-state index contributed by atoms with van der Waals surface area (Å²) in [7, 11) is 1.81. The Morgan fingerprint density at radius 1 is 1.23 bits per heavy atom. The second-order valence-electron chi connectivity index (χ2n) is 5.65. The van der Waals surface area contributed by atoms with E-state index in [0.717, 1.165) is 19.0 Å². The first-order valence-electron chi connectivity index (χ1n) is 7.05. The Labute approximate surface area is 158 Å². The molecule has 122 valence electrons. The number of halogens is 1. The summed E-state index contributed by atoms with van der Waals surface area (Å²) in [6, 6.07) is 8.61. The van der Waals surface area contributed by atoms with E-state index in [1.54, 1.807) is 11.3 Å². The van der Waals surface area contributed by atoms with Crippen LogP contribution in [-0.4, -0.2) is 19.6 Å². The van der Waals surface area contributed by atoms with E-state index in [9.17, 15) is 0 Å². The number of hydrogen-bond donors (Lipinski definition) is 2. The SMILES string of the molecule is CN=C(NCc1ccc(C)s1)NCC(C)(C)c1cccs1.I. The number of aryl methyl sites for hydroxylation is 1. The number of nitrogens with zero attached hydrogens (tertiary/aromatic N) is 1. The first-order chi connectivity index (χ1) is 10.0. The molecule has 2 heterocycles. The van der Waals surface area contributed by atoms with E-state index in [1.807, 2.05) is 18.4 Å². The number of rotatable bonds is 5. The fraction of sp³-hybridized carbons (Fsp3) is 0.438. The molecular formula is C16H24IN3S2. The van der Waals surface area contributed by atoms with Gasteiger partial charge in [-0.2, -0.15) is 0 Å². The molecule has 0 spiro atoms. The first-order valence-corrected chi connectivity index (χ1v) is 8.75. The van der Waals surface area contributed by atoms with Gasteiger partial charge >= 0.3 is 0 Å². The van der Waals surface area contributed by atoms with Crippen molar-refractivity contribution in [2.24, 2.45) is 4.99 Å². The highest BCUT2D eigenvalue weighted by molar-refractivity contribution is 14.0. The Balaban J connectivity index is 0.00000242. The van der Waals surface area contributed by atoms with Gasteiger partial charge < -0.3 is 10.6 Å². The van der Waals surface area contributed by atoms with Gasteiger partial charge in [0.2, 0.25) is 0 Å². The summed E-state index contributed by atoms with van der Waals surface area (Å²) in [4.78, 5) is 8.35. The number of thiophene rings is 2. The molecule has 6 heteroatoms. The number of aliphatic imine (C=N–C) groups is 1. The Bertz CT molecular complexity index is 588. The summed E-state index contributed by atoms with van der Waals surface area (Å²) in [6.07, 6.45) is 0. The summed E-state index contributed by atoms with van der Waals surface area (Å²) in [5.74, 6) is 0.852. The van der Waals surface area contributed by atoms with Crippen LogP contribution in [0.25, 0.3) is 0 Å². The van der Waals surface area contributed by atoms with Crippen LogP contribution in [0.3, 0.4) is 0 Å². The van der Waals surface area contributed by atoms with Crippen molar-refractivity contribution in [3.8, 4) is 0 Å². The predicted molar refractivity (Wildman–Crippen MR) is 110 cm³/mol. The topological polar surface area (TPSA) is 36.4 Å².